The van der Waals surface area contributed by atoms with Crippen molar-refractivity contribution in [2.45, 2.75) is 62.4 Å². The summed E-state index contributed by atoms with van der Waals surface area (Å²) in [6.45, 7) is 6.50. The van der Waals surface area contributed by atoms with Gasteiger partial charge in [0.2, 0.25) is 10.0 Å². The standard InChI is InChI=1S/C18H26N4O4S2/c1-4-21-13-18(15(3)19-21)27(23,24)20-16-8-10-17(11-9-16)28(25,26)22-12-6-5-7-14(22)2/h8-11,13-14,20H,4-7,12H2,1-3H3. The molecule has 28 heavy (non-hydrogen) atoms. The molecule has 0 saturated carbocycles. The topological polar surface area (TPSA) is 101 Å². The number of benzene rings is 1. The zero-order valence-corrected chi connectivity index (χ0v) is 17.9. The second-order valence-electron chi connectivity index (χ2n) is 7.02. The maximum absolute atomic E-state index is 12.9. The lowest BCUT2D eigenvalue weighted by Gasteiger charge is -2.32. The first kappa shape index (κ1) is 20.8. The molecule has 3 rings (SSSR count). The Morgan fingerprint density at radius 3 is 2.39 bits per heavy atom. The van der Waals surface area contributed by atoms with E-state index in [0.717, 1.165) is 19.3 Å². The van der Waals surface area contributed by atoms with E-state index in [1.54, 1.807) is 11.6 Å². The van der Waals surface area contributed by atoms with Crippen molar-refractivity contribution in [2.24, 2.45) is 0 Å². The zero-order chi connectivity index (χ0) is 20.5. The number of aryl methyl sites for hydroxylation is 2. The molecule has 0 radical (unpaired) electrons. The van der Waals surface area contributed by atoms with E-state index in [4.69, 9.17) is 0 Å². The summed E-state index contributed by atoms with van der Waals surface area (Å²) in [5.41, 5.74) is 0.710. The Morgan fingerprint density at radius 2 is 1.82 bits per heavy atom. The van der Waals surface area contributed by atoms with Gasteiger partial charge in [-0.15, -0.1) is 0 Å². The van der Waals surface area contributed by atoms with Crippen molar-refractivity contribution in [3.8, 4) is 0 Å². The number of nitrogens with zero attached hydrogens (tertiary/aromatic N) is 3. The van der Waals surface area contributed by atoms with Gasteiger partial charge in [-0.2, -0.15) is 9.40 Å². The minimum atomic E-state index is -3.80. The zero-order valence-electron chi connectivity index (χ0n) is 16.3. The molecular weight excluding hydrogens is 400 g/mol. The van der Waals surface area contributed by atoms with Crippen molar-refractivity contribution in [3.63, 3.8) is 0 Å². The number of nitrogens with one attached hydrogen (secondary N) is 1. The average molecular weight is 427 g/mol. The highest BCUT2D eigenvalue weighted by atomic mass is 32.2. The summed E-state index contributed by atoms with van der Waals surface area (Å²) < 4.78 is 56.6. The fourth-order valence-corrected chi connectivity index (χ4v) is 6.34. The fraction of sp³-hybridized carbons (Fsp3) is 0.500. The summed E-state index contributed by atoms with van der Waals surface area (Å²) in [6, 6.07) is 5.79. The smallest absolute Gasteiger partial charge is 0.265 e. The van der Waals surface area contributed by atoms with Crippen LogP contribution in [0.1, 0.15) is 38.8 Å². The number of aromatic nitrogens is 2. The van der Waals surface area contributed by atoms with Crippen LogP contribution in [0.25, 0.3) is 0 Å². The van der Waals surface area contributed by atoms with Gasteiger partial charge >= 0.3 is 0 Å². The molecule has 0 spiro atoms. The molecule has 1 aliphatic heterocycles. The van der Waals surface area contributed by atoms with Crippen molar-refractivity contribution in [1.29, 1.82) is 0 Å². The number of anilines is 1. The average Bonchev–Trinajstić information content (AvgIpc) is 3.04. The van der Waals surface area contributed by atoms with Gasteiger partial charge < -0.3 is 0 Å². The largest absolute Gasteiger partial charge is 0.280 e. The van der Waals surface area contributed by atoms with Gasteiger partial charge in [0.15, 0.2) is 0 Å². The van der Waals surface area contributed by atoms with E-state index in [1.807, 2.05) is 13.8 Å². The number of piperidine rings is 1. The Bertz CT molecular complexity index is 1040. The second-order valence-corrected chi connectivity index (χ2v) is 10.6. The highest BCUT2D eigenvalue weighted by Crippen LogP contribution is 2.26. The van der Waals surface area contributed by atoms with Gasteiger partial charge in [0.1, 0.15) is 4.90 Å². The molecule has 2 heterocycles. The summed E-state index contributed by atoms with van der Waals surface area (Å²) >= 11 is 0. The third-order valence-electron chi connectivity index (χ3n) is 4.97. The first-order valence-electron chi connectivity index (χ1n) is 9.34. The Balaban J connectivity index is 1.81. The Labute approximate surface area is 166 Å². The van der Waals surface area contributed by atoms with E-state index in [1.165, 1.54) is 34.8 Å². The molecule has 1 atom stereocenters. The van der Waals surface area contributed by atoms with Crippen LogP contribution < -0.4 is 4.72 Å². The summed E-state index contributed by atoms with van der Waals surface area (Å²) in [5, 5.41) is 4.15. The third kappa shape index (κ3) is 4.08. The molecule has 1 N–H and O–H groups in total. The van der Waals surface area contributed by atoms with Gasteiger partial charge in [0, 0.05) is 31.0 Å². The second kappa shape index (κ2) is 7.84. The van der Waals surface area contributed by atoms with E-state index in [9.17, 15) is 16.8 Å². The molecule has 8 nitrogen and oxygen atoms in total. The quantitative estimate of drug-likeness (QED) is 0.765. The molecule has 154 valence electrons. The van der Waals surface area contributed by atoms with Crippen LogP contribution in [-0.2, 0) is 26.6 Å². The molecule has 0 bridgehead atoms. The van der Waals surface area contributed by atoms with Crippen molar-refractivity contribution >= 4 is 25.7 Å². The van der Waals surface area contributed by atoms with Gasteiger partial charge in [-0.1, -0.05) is 6.42 Å². The van der Waals surface area contributed by atoms with Crippen molar-refractivity contribution in [1.82, 2.24) is 14.1 Å². The maximum Gasteiger partial charge on any atom is 0.265 e. The molecule has 0 aliphatic carbocycles. The SMILES string of the molecule is CCn1cc(S(=O)(=O)Nc2ccc(S(=O)(=O)N3CCCCC3C)cc2)c(C)n1. The van der Waals surface area contributed by atoms with Crippen LogP contribution in [0.15, 0.2) is 40.3 Å². The monoisotopic (exact) mass is 426 g/mol. The molecular formula is C18H26N4O4S2. The third-order valence-corrected chi connectivity index (χ3v) is 8.48. The number of hydrogen-bond donors (Lipinski definition) is 1. The first-order valence-corrected chi connectivity index (χ1v) is 12.3. The minimum absolute atomic E-state index is 0.0324. The van der Waals surface area contributed by atoms with Gasteiger partial charge in [-0.25, -0.2) is 16.8 Å². The molecule has 1 unspecified atom stereocenters. The Kier molecular flexibility index (Phi) is 5.83. The number of rotatable bonds is 6. The Hall–Kier alpha value is -1.91. The van der Waals surface area contributed by atoms with Crippen LogP contribution in [0.3, 0.4) is 0 Å². The summed E-state index contributed by atoms with van der Waals surface area (Å²) in [5.74, 6) is 0. The van der Waals surface area contributed by atoms with E-state index in [-0.39, 0.29) is 15.8 Å². The molecule has 1 aliphatic rings. The van der Waals surface area contributed by atoms with Crippen LogP contribution in [0, 0.1) is 6.92 Å². The highest BCUT2D eigenvalue weighted by Gasteiger charge is 2.31. The lowest BCUT2D eigenvalue weighted by Crippen LogP contribution is -2.41. The van der Waals surface area contributed by atoms with Gasteiger partial charge in [-0.3, -0.25) is 9.40 Å². The molecule has 1 fully saturated rings. The lowest BCUT2D eigenvalue weighted by molar-refractivity contribution is 0.268. The van der Waals surface area contributed by atoms with Gasteiger partial charge in [0.05, 0.1) is 10.6 Å². The Morgan fingerprint density at radius 1 is 1.14 bits per heavy atom. The summed E-state index contributed by atoms with van der Waals surface area (Å²) in [7, 11) is -7.39. The van der Waals surface area contributed by atoms with Crippen LogP contribution in [-0.4, -0.2) is 43.5 Å². The van der Waals surface area contributed by atoms with Crippen LogP contribution in [0.4, 0.5) is 5.69 Å². The lowest BCUT2D eigenvalue weighted by atomic mass is 10.1. The molecule has 0 amide bonds. The summed E-state index contributed by atoms with van der Waals surface area (Å²) in [6.07, 6.45) is 4.21. The number of sulfonamides is 2. The summed E-state index contributed by atoms with van der Waals surface area (Å²) in [4.78, 5) is 0.271. The molecule has 10 heteroatoms. The molecule has 1 aromatic carbocycles. The fourth-order valence-electron chi connectivity index (χ4n) is 3.39. The molecule has 1 saturated heterocycles. The van der Waals surface area contributed by atoms with Gasteiger partial charge in [-0.05, 0) is 57.9 Å². The predicted octanol–water partition coefficient (Wildman–Crippen LogP) is 2.58. The first-order chi connectivity index (χ1) is 13.1. The highest BCUT2D eigenvalue weighted by molar-refractivity contribution is 7.92. The van der Waals surface area contributed by atoms with Crippen LogP contribution >= 0.6 is 0 Å². The van der Waals surface area contributed by atoms with Crippen LogP contribution in [0.5, 0.6) is 0 Å². The molecule has 1 aromatic heterocycles. The van der Waals surface area contributed by atoms with Gasteiger partial charge in [0.25, 0.3) is 10.0 Å². The van der Waals surface area contributed by atoms with Crippen LogP contribution in [0.2, 0.25) is 0 Å². The van der Waals surface area contributed by atoms with Crippen molar-refractivity contribution in [3.05, 3.63) is 36.2 Å². The predicted molar refractivity (Wildman–Crippen MR) is 107 cm³/mol. The van der Waals surface area contributed by atoms with E-state index >= 15 is 0 Å². The van der Waals surface area contributed by atoms with E-state index in [2.05, 4.69) is 9.82 Å². The minimum Gasteiger partial charge on any atom is -0.280 e. The normalized spacial score (nSPS) is 18.9. The van der Waals surface area contributed by atoms with E-state index < -0.39 is 20.0 Å². The van der Waals surface area contributed by atoms with E-state index in [0.29, 0.717) is 24.5 Å². The van der Waals surface area contributed by atoms with Crippen molar-refractivity contribution < 1.29 is 16.8 Å². The van der Waals surface area contributed by atoms with Crippen molar-refractivity contribution in [2.75, 3.05) is 11.3 Å². The maximum atomic E-state index is 12.9. The molecule has 2 aromatic rings. The number of hydrogen-bond acceptors (Lipinski definition) is 5.